The maximum Gasteiger partial charge on any atom is 0.311 e. The summed E-state index contributed by atoms with van der Waals surface area (Å²) in [5.41, 5.74) is 0. The van der Waals surface area contributed by atoms with Crippen molar-refractivity contribution in [3.05, 3.63) is 0 Å². The number of hydrogen-bond donors (Lipinski definition) is 1. The van der Waals surface area contributed by atoms with Gasteiger partial charge in [0.1, 0.15) is 6.61 Å². The van der Waals surface area contributed by atoms with Crippen LogP contribution in [0.1, 0.15) is 20.3 Å². The number of aliphatic hydroxyl groups is 1. The summed E-state index contributed by atoms with van der Waals surface area (Å²) in [6.07, 6.45) is 0.699. The largest absolute Gasteiger partial charge is 0.463 e. The third-order valence-electron chi connectivity index (χ3n) is 1.68. The molecule has 0 aliphatic rings. The van der Waals surface area contributed by atoms with Crippen LogP contribution in [0.15, 0.2) is 0 Å². The lowest BCUT2D eigenvalue weighted by atomic mass is 10.1. The van der Waals surface area contributed by atoms with Crippen LogP contribution in [0, 0.1) is 5.92 Å². The van der Waals surface area contributed by atoms with Crippen molar-refractivity contribution in [3.63, 3.8) is 0 Å². The Hall–Kier alpha value is -0.610. The molecule has 1 unspecified atom stereocenters. The first-order chi connectivity index (χ1) is 6.26. The Labute approximate surface area is 78.8 Å². The second-order valence-corrected chi connectivity index (χ2v) is 2.66. The number of hydrogen-bond acceptors (Lipinski definition) is 4. The fraction of sp³-hybridized carbons (Fsp3) is 0.889. The molecule has 4 heteroatoms. The van der Waals surface area contributed by atoms with Gasteiger partial charge in [-0.15, -0.1) is 0 Å². The standard InChI is InChI=1S/C9H18O4/c1-3-8(7-12-4-2)9(11)13-6-5-10/h8,10H,3-7H2,1-2H3. The number of esters is 1. The van der Waals surface area contributed by atoms with Crippen LogP contribution in [0.25, 0.3) is 0 Å². The van der Waals surface area contributed by atoms with Crippen LogP contribution in [0.2, 0.25) is 0 Å². The van der Waals surface area contributed by atoms with E-state index in [9.17, 15) is 4.79 Å². The van der Waals surface area contributed by atoms with Crippen LogP contribution in [-0.2, 0) is 14.3 Å². The normalized spacial score (nSPS) is 12.5. The number of ether oxygens (including phenoxy) is 2. The van der Waals surface area contributed by atoms with E-state index >= 15 is 0 Å². The molecule has 1 atom stereocenters. The van der Waals surface area contributed by atoms with E-state index in [1.165, 1.54) is 0 Å². The minimum absolute atomic E-state index is 0.0709. The molecule has 0 aromatic carbocycles. The topological polar surface area (TPSA) is 55.8 Å². The first-order valence-corrected chi connectivity index (χ1v) is 4.61. The third kappa shape index (κ3) is 5.60. The fourth-order valence-electron chi connectivity index (χ4n) is 0.877. The molecule has 13 heavy (non-hydrogen) atoms. The van der Waals surface area contributed by atoms with Crippen molar-refractivity contribution in [1.82, 2.24) is 0 Å². The molecule has 0 aromatic heterocycles. The first kappa shape index (κ1) is 12.4. The van der Waals surface area contributed by atoms with Crippen molar-refractivity contribution in [2.75, 3.05) is 26.4 Å². The summed E-state index contributed by atoms with van der Waals surface area (Å²) in [6.45, 7) is 4.73. The molecule has 0 saturated carbocycles. The average Bonchev–Trinajstić information content (AvgIpc) is 2.16. The zero-order valence-electron chi connectivity index (χ0n) is 8.28. The number of aliphatic hydroxyl groups excluding tert-OH is 1. The van der Waals surface area contributed by atoms with Crippen molar-refractivity contribution < 1.29 is 19.4 Å². The van der Waals surface area contributed by atoms with Crippen LogP contribution >= 0.6 is 0 Å². The van der Waals surface area contributed by atoms with Gasteiger partial charge in [0.05, 0.1) is 19.1 Å². The maximum absolute atomic E-state index is 11.2. The highest BCUT2D eigenvalue weighted by Crippen LogP contribution is 2.05. The fourth-order valence-corrected chi connectivity index (χ4v) is 0.877. The van der Waals surface area contributed by atoms with Gasteiger partial charge in [-0.25, -0.2) is 0 Å². The van der Waals surface area contributed by atoms with Gasteiger partial charge in [-0.1, -0.05) is 6.92 Å². The third-order valence-corrected chi connectivity index (χ3v) is 1.68. The minimum atomic E-state index is -0.287. The van der Waals surface area contributed by atoms with Gasteiger partial charge >= 0.3 is 5.97 Å². The van der Waals surface area contributed by atoms with Gasteiger partial charge in [0.2, 0.25) is 0 Å². The summed E-state index contributed by atoms with van der Waals surface area (Å²) in [7, 11) is 0. The van der Waals surface area contributed by atoms with E-state index in [2.05, 4.69) is 0 Å². The van der Waals surface area contributed by atoms with Gasteiger partial charge in [0, 0.05) is 6.61 Å². The summed E-state index contributed by atoms with van der Waals surface area (Å²) >= 11 is 0. The van der Waals surface area contributed by atoms with Crippen molar-refractivity contribution in [2.45, 2.75) is 20.3 Å². The van der Waals surface area contributed by atoms with Crippen LogP contribution in [0.3, 0.4) is 0 Å². The smallest absolute Gasteiger partial charge is 0.311 e. The molecule has 0 rings (SSSR count). The lowest BCUT2D eigenvalue weighted by molar-refractivity contribution is -0.151. The van der Waals surface area contributed by atoms with Crippen molar-refractivity contribution in [2.24, 2.45) is 5.92 Å². The molecule has 0 bridgehead atoms. The Bertz CT molecular complexity index is 136. The maximum atomic E-state index is 11.2. The van der Waals surface area contributed by atoms with Gasteiger partial charge in [0.15, 0.2) is 0 Å². The Kier molecular flexibility index (Phi) is 7.63. The molecule has 1 N–H and O–H groups in total. The lowest BCUT2D eigenvalue weighted by Crippen LogP contribution is -2.23. The second-order valence-electron chi connectivity index (χ2n) is 2.66. The predicted molar refractivity (Wildman–Crippen MR) is 48.3 cm³/mol. The Balaban J connectivity index is 3.71. The molecule has 0 aliphatic carbocycles. The summed E-state index contributed by atoms with van der Waals surface area (Å²) in [4.78, 5) is 11.2. The van der Waals surface area contributed by atoms with E-state index < -0.39 is 0 Å². The SMILES string of the molecule is CCOCC(CC)C(=O)OCCO. The average molecular weight is 190 g/mol. The van der Waals surface area contributed by atoms with Gasteiger partial charge in [0.25, 0.3) is 0 Å². The van der Waals surface area contributed by atoms with E-state index in [-0.39, 0.29) is 25.1 Å². The first-order valence-electron chi connectivity index (χ1n) is 4.61. The number of carbonyl (C=O) groups excluding carboxylic acids is 1. The molecular formula is C9H18O4. The summed E-state index contributed by atoms with van der Waals surface area (Å²) in [5, 5.41) is 8.44. The highest BCUT2D eigenvalue weighted by atomic mass is 16.5. The van der Waals surface area contributed by atoms with Crippen LogP contribution in [0.5, 0.6) is 0 Å². The highest BCUT2D eigenvalue weighted by molar-refractivity contribution is 5.72. The number of carbonyl (C=O) groups is 1. The van der Waals surface area contributed by atoms with E-state index in [1.807, 2.05) is 13.8 Å². The zero-order chi connectivity index (χ0) is 10.1. The molecule has 0 aliphatic heterocycles. The lowest BCUT2D eigenvalue weighted by Gasteiger charge is -2.12. The van der Waals surface area contributed by atoms with Gasteiger partial charge in [-0.2, -0.15) is 0 Å². The van der Waals surface area contributed by atoms with Crippen LogP contribution in [-0.4, -0.2) is 37.5 Å². The van der Waals surface area contributed by atoms with Crippen LogP contribution in [0.4, 0.5) is 0 Å². The molecule has 4 nitrogen and oxygen atoms in total. The van der Waals surface area contributed by atoms with E-state index in [1.54, 1.807) is 0 Å². The monoisotopic (exact) mass is 190 g/mol. The summed E-state index contributed by atoms with van der Waals surface area (Å²) in [6, 6.07) is 0. The zero-order valence-corrected chi connectivity index (χ0v) is 8.28. The predicted octanol–water partition coefficient (Wildman–Crippen LogP) is 0.585. The minimum Gasteiger partial charge on any atom is -0.463 e. The molecule has 0 aromatic rings. The van der Waals surface area contributed by atoms with Gasteiger partial charge in [-0.05, 0) is 13.3 Å². The van der Waals surface area contributed by atoms with E-state index in [0.29, 0.717) is 19.6 Å². The summed E-state index contributed by atoms with van der Waals surface area (Å²) < 4.78 is 9.90. The highest BCUT2D eigenvalue weighted by Gasteiger charge is 2.17. The molecule has 0 fully saturated rings. The molecule has 0 saturated heterocycles. The molecule has 0 amide bonds. The van der Waals surface area contributed by atoms with Crippen LogP contribution < -0.4 is 0 Å². The molecule has 0 radical (unpaired) electrons. The molecule has 0 heterocycles. The molecule has 78 valence electrons. The quantitative estimate of drug-likeness (QED) is 0.597. The van der Waals surface area contributed by atoms with Crippen molar-refractivity contribution in [3.8, 4) is 0 Å². The van der Waals surface area contributed by atoms with Crippen molar-refractivity contribution in [1.29, 1.82) is 0 Å². The van der Waals surface area contributed by atoms with Crippen molar-refractivity contribution >= 4 is 5.97 Å². The molecular weight excluding hydrogens is 172 g/mol. The Morgan fingerprint density at radius 3 is 2.62 bits per heavy atom. The van der Waals surface area contributed by atoms with Gasteiger partial charge < -0.3 is 14.6 Å². The Morgan fingerprint density at radius 2 is 2.15 bits per heavy atom. The van der Waals surface area contributed by atoms with E-state index in [4.69, 9.17) is 14.6 Å². The Morgan fingerprint density at radius 1 is 1.46 bits per heavy atom. The molecule has 0 spiro atoms. The van der Waals surface area contributed by atoms with E-state index in [0.717, 1.165) is 0 Å². The second kappa shape index (κ2) is 8.01. The number of rotatable bonds is 7. The summed E-state index contributed by atoms with van der Waals surface area (Å²) in [5.74, 6) is -0.489. The van der Waals surface area contributed by atoms with Gasteiger partial charge in [-0.3, -0.25) is 4.79 Å².